The second-order valence-electron chi connectivity index (χ2n) is 1.84. The van der Waals surface area contributed by atoms with Gasteiger partial charge in [-0.05, 0) is 0 Å². The van der Waals surface area contributed by atoms with Crippen LogP contribution in [0.25, 0.3) is 0 Å². The molecular weight excluding hydrogens is 183 g/mol. The van der Waals surface area contributed by atoms with E-state index in [4.69, 9.17) is 0 Å². The zero-order chi connectivity index (χ0) is 7.84. The van der Waals surface area contributed by atoms with Gasteiger partial charge in [0.2, 0.25) is 0 Å². The molecule has 9 nitrogen and oxygen atoms in total. The molecular formula is H8B4N2O7. The summed E-state index contributed by atoms with van der Waals surface area (Å²) < 4.78 is 21.9. The quantitative estimate of drug-likeness (QED) is 0.375. The van der Waals surface area contributed by atoms with Crippen LogP contribution in [0.15, 0.2) is 0 Å². The molecule has 2 aliphatic rings. The van der Waals surface area contributed by atoms with Crippen molar-refractivity contribution in [2.24, 2.45) is 0 Å². The molecule has 13 heteroatoms. The zero-order valence-corrected chi connectivity index (χ0v) is 7.17. The van der Waals surface area contributed by atoms with E-state index < -0.39 is 29.3 Å². The van der Waals surface area contributed by atoms with Crippen LogP contribution in [0.3, 0.4) is 0 Å². The summed E-state index contributed by atoms with van der Waals surface area (Å²) in [5.74, 6) is 0. The van der Waals surface area contributed by atoms with Gasteiger partial charge in [0.15, 0.2) is 0 Å². The van der Waals surface area contributed by atoms with Crippen molar-refractivity contribution in [3.05, 3.63) is 0 Å². The number of hydrogen-bond donors (Lipinski definition) is 2. The van der Waals surface area contributed by atoms with Crippen LogP contribution in [0.4, 0.5) is 0 Å². The van der Waals surface area contributed by atoms with Crippen LogP contribution in [-0.4, -0.2) is 29.3 Å². The van der Waals surface area contributed by atoms with Gasteiger partial charge in [0.25, 0.3) is 0 Å². The second kappa shape index (κ2) is 4.95. The molecule has 0 amide bonds. The van der Waals surface area contributed by atoms with E-state index in [1.54, 1.807) is 0 Å². The molecule has 0 unspecified atom stereocenters. The average molecular weight is 191 g/mol. The first kappa shape index (κ1) is 12.9. The minimum atomic E-state index is -1.73. The molecule has 2 saturated heterocycles. The molecule has 13 heavy (non-hydrogen) atoms. The molecule has 0 aliphatic carbocycles. The van der Waals surface area contributed by atoms with Gasteiger partial charge in [-0.1, -0.05) is 0 Å². The molecule has 2 rings (SSSR count). The lowest BCUT2D eigenvalue weighted by Crippen LogP contribution is -2.65. The molecule has 2 bridgehead atoms. The van der Waals surface area contributed by atoms with Crippen LogP contribution >= 0.6 is 0 Å². The monoisotopic (exact) mass is 192 g/mol. The molecule has 72 valence electrons. The van der Waals surface area contributed by atoms with Gasteiger partial charge in [-0.25, -0.2) is 0 Å². The minimum Gasteiger partial charge on any atom is -0.833 e. The zero-order valence-electron chi connectivity index (χ0n) is 7.17. The van der Waals surface area contributed by atoms with Crippen LogP contribution in [0.2, 0.25) is 0 Å². The van der Waals surface area contributed by atoms with E-state index in [0.29, 0.717) is 0 Å². The Morgan fingerprint density at radius 2 is 0.923 bits per heavy atom. The van der Waals surface area contributed by atoms with Gasteiger partial charge in [0, 0.05) is 0 Å². The van der Waals surface area contributed by atoms with Gasteiger partial charge in [-0.15, -0.1) is 0 Å². The summed E-state index contributed by atoms with van der Waals surface area (Å²) in [4.78, 5) is 0. The third-order valence-electron chi connectivity index (χ3n) is 1.11. The Hall–Kier alpha value is -0.100. The lowest BCUT2D eigenvalue weighted by Gasteiger charge is -2.40. The molecule has 0 aromatic carbocycles. The van der Waals surface area contributed by atoms with Crippen molar-refractivity contribution in [3.63, 3.8) is 0 Å². The fraction of sp³-hybridized carbons (Fsp3) is 0. The number of rotatable bonds is 0. The molecule has 2 fully saturated rings. The molecule has 0 saturated carbocycles. The molecule has 2 heterocycles. The molecule has 0 radical (unpaired) electrons. The summed E-state index contributed by atoms with van der Waals surface area (Å²) >= 11 is 0. The van der Waals surface area contributed by atoms with Crippen LogP contribution in [0, 0.1) is 0 Å². The summed E-state index contributed by atoms with van der Waals surface area (Å²) in [5.41, 5.74) is 0. The molecule has 2 aliphatic heterocycles. The van der Waals surface area contributed by atoms with E-state index in [1.807, 2.05) is 0 Å². The van der Waals surface area contributed by atoms with Gasteiger partial charge in [0.1, 0.15) is 0 Å². The Morgan fingerprint density at radius 1 is 0.615 bits per heavy atom. The van der Waals surface area contributed by atoms with Crippen molar-refractivity contribution in [2.45, 2.75) is 0 Å². The normalized spacial score (nSPS) is 20.8. The van der Waals surface area contributed by atoms with Gasteiger partial charge >= 0.3 is 29.3 Å². The third-order valence-corrected chi connectivity index (χ3v) is 1.11. The summed E-state index contributed by atoms with van der Waals surface area (Å²) in [6, 6.07) is 0. The Labute approximate surface area is 75.5 Å². The Morgan fingerprint density at radius 3 is 1.23 bits per heavy atom. The number of hydrogen-bond acceptors (Lipinski definition) is 7. The predicted molar refractivity (Wildman–Crippen MR) is 40.4 cm³/mol. The van der Waals surface area contributed by atoms with Crippen molar-refractivity contribution in [2.75, 3.05) is 0 Å². The Balaban J connectivity index is 0.000000720. The van der Waals surface area contributed by atoms with Crippen LogP contribution < -0.4 is 22.3 Å². The Kier molecular flexibility index (Phi) is 4.91. The van der Waals surface area contributed by atoms with Crippen LogP contribution in [0.5, 0.6) is 0 Å². The SMILES string of the molecule is [NH4+].[NH4+].[O-]B1OB2OB([O-])OB(O1)O2. The van der Waals surface area contributed by atoms with Crippen LogP contribution in [0.1, 0.15) is 0 Å². The second-order valence-corrected chi connectivity index (χ2v) is 1.84. The van der Waals surface area contributed by atoms with Crippen molar-refractivity contribution in [1.82, 2.24) is 12.3 Å². The smallest absolute Gasteiger partial charge is 0.597 e. The molecule has 0 aromatic heterocycles. The average Bonchev–Trinajstić information content (AvgIpc) is 1.82. The van der Waals surface area contributed by atoms with Crippen molar-refractivity contribution in [1.29, 1.82) is 0 Å². The molecule has 8 N–H and O–H groups in total. The lowest BCUT2D eigenvalue weighted by molar-refractivity contribution is -0.260. The number of fused-ring (bicyclic) bond motifs is 2. The lowest BCUT2D eigenvalue weighted by atomic mass is 9.90. The van der Waals surface area contributed by atoms with E-state index in [9.17, 15) is 10.0 Å². The maximum Gasteiger partial charge on any atom is 0.597 e. The van der Waals surface area contributed by atoms with Crippen molar-refractivity contribution in [3.8, 4) is 0 Å². The van der Waals surface area contributed by atoms with E-state index in [2.05, 4.69) is 22.9 Å². The van der Waals surface area contributed by atoms with E-state index in [0.717, 1.165) is 0 Å². The van der Waals surface area contributed by atoms with Crippen LogP contribution in [-0.2, 0) is 22.9 Å². The summed E-state index contributed by atoms with van der Waals surface area (Å²) in [6.07, 6.45) is 0. The van der Waals surface area contributed by atoms with E-state index >= 15 is 0 Å². The number of quaternary nitrogens is 2. The first-order valence-electron chi connectivity index (χ1n) is 2.83. The largest absolute Gasteiger partial charge is 0.833 e. The third kappa shape index (κ3) is 2.95. The predicted octanol–water partition coefficient (Wildman–Crippen LogP) is -3.49. The molecule has 0 aromatic rings. The fourth-order valence-electron chi connectivity index (χ4n) is 0.710. The van der Waals surface area contributed by atoms with E-state index in [1.165, 1.54) is 0 Å². The maximum atomic E-state index is 10.5. The van der Waals surface area contributed by atoms with Gasteiger partial charge in [0.05, 0.1) is 0 Å². The van der Waals surface area contributed by atoms with Gasteiger partial charge in [-0.3, -0.25) is 0 Å². The highest BCUT2D eigenvalue weighted by Gasteiger charge is 2.44. The van der Waals surface area contributed by atoms with E-state index in [-0.39, 0.29) is 12.3 Å². The highest BCUT2D eigenvalue weighted by atomic mass is 16.9. The standard InChI is InChI=1S/B4O7.2H3N/c5-1-7-3-9-2(6)10-4(8-1)11-3;;/h;2*1H3/q-2;;/p+2. The highest BCUT2D eigenvalue weighted by Crippen LogP contribution is 2.12. The Bertz CT molecular complexity index is 124. The van der Waals surface area contributed by atoms with Crippen molar-refractivity contribution >= 4 is 29.3 Å². The molecule has 0 atom stereocenters. The van der Waals surface area contributed by atoms with Crippen molar-refractivity contribution < 1.29 is 32.9 Å². The fourth-order valence-corrected chi connectivity index (χ4v) is 0.710. The maximum absolute atomic E-state index is 10.5. The molecule has 0 spiro atoms. The summed E-state index contributed by atoms with van der Waals surface area (Å²) in [6.45, 7) is 0. The topological polar surface area (TPSA) is 165 Å². The van der Waals surface area contributed by atoms with Gasteiger partial charge < -0.3 is 45.2 Å². The summed E-state index contributed by atoms with van der Waals surface area (Å²) in [5, 5.41) is 21.0. The van der Waals surface area contributed by atoms with Gasteiger partial charge in [-0.2, -0.15) is 0 Å². The summed E-state index contributed by atoms with van der Waals surface area (Å²) in [7, 11) is -6.00. The highest BCUT2D eigenvalue weighted by molar-refractivity contribution is 6.73. The minimum absolute atomic E-state index is 0. The first-order valence-corrected chi connectivity index (χ1v) is 2.83. The first-order chi connectivity index (χ1) is 5.24.